The van der Waals surface area contributed by atoms with Gasteiger partial charge >= 0.3 is 12.1 Å². The molecule has 166 valence electrons. The molecule has 0 aromatic heterocycles. The molecule has 3 nitrogen and oxygen atoms in total. The number of esters is 1. The van der Waals surface area contributed by atoms with Crippen molar-refractivity contribution in [3.63, 3.8) is 0 Å². The van der Waals surface area contributed by atoms with Crippen LogP contribution in [0.4, 0.5) is 13.2 Å². The molecule has 1 rings (SSSR count). The topological polar surface area (TPSA) is 35.5 Å². The van der Waals surface area contributed by atoms with E-state index in [1.54, 1.807) is 0 Å². The minimum absolute atomic E-state index is 0.161. The fourth-order valence-electron chi connectivity index (χ4n) is 3.20. The molecule has 0 spiro atoms. The highest BCUT2D eigenvalue weighted by Gasteiger charge is 2.29. The van der Waals surface area contributed by atoms with Crippen molar-refractivity contribution < 1.29 is 27.4 Å². The minimum Gasteiger partial charge on any atom is -0.469 e. The highest BCUT2D eigenvalue weighted by Crippen LogP contribution is 2.29. The van der Waals surface area contributed by atoms with E-state index in [1.165, 1.54) is 64.2 Å². The van der Waals surface area contributed by atoms with E-state index in [1.807, 2.05) is 0 Å². The molecule has 0 unspecified atom stereocenters. The first-order valence-electron chi connectivity index (χ1n) is 10.7. The normalized spacial score (nSPS) is 12.7. The number of unbranched alkanes of at least 4 members (excludes halogenated alkanes) is 8. The average molecular weight is 417 g/mol. The summed E-state index contributed by atoms with van der Waals surface area (Å²) in [5.74, 6) is -0.335. The Morgan fingerprint density at radius 2 is 1.48 bits per heavy atom. The van der Waals surface area contributed by atoms with Gasteiger partial charge in [0.25, 0.3) is 0 Å². The van der Waals surface area contributed by atoms with Crippen molar-refractivity contribution in [2.75, 3.05) is 7.11 Å². The lowest BCUT2D eigenvalue weighted by Gasteiger charge is -2.17. The molecule has 6 heteroatoms. The predicted molar refractivity (Wildman–Crippen MR) is 108 cm³/mol. The summed E-state index contributed by atoms with van der Waals surface area (Å²) in [6.45, 7) is 2.39. The molecule has 1 aromatic carbocycles. The Balaban J connectivity index is 2.35. The Hall–Kier alpha value is -1.56. The Bertz CT molecular complexity index is 555. The Morgan fingerprint density at radius 3 is 2.00 bits per heavy atom. The molecule has 0 saturated carbocycles. The van der Waals surface area contributed by atoms with Gasteiger partial charge in [0, 0.05) is 0 Å². The molecular weight excluding hydrogens is 381 g/mol. The monoisotopic (exact) mass is 416 g/mol. The third kappa shape index (κ3) is 11.9. The molecule has 1 aromatic rings. The number of methoxy groups -OCH3 is 1. The van der Waals surface area contributed by atoms with Gasteiger partial charge in [-0.25, -0.2) is 0 Å². The van der Waals surface area contributed by atoms with Crippen molar-refractivity contribution in [2.45, 2.75) is 96.4 Å². The molecule has 0 N–H and O–H groups in total. The molecule has 0 bridgehead atoms. The largest absolute Gasteiger partial charge is 0.469 e. The summed E-state index contributed by atoms with van der Waals surface area (Å²) in [6.07, 6.45) is 7.20. The molecule has 0 amide bonds. The predicted octanol–water partition coefficient (Wildman–Crippen LogP) is 7.07. The number of alkyl halides is 3. The highest BCUT2D eigenvalue weighted by atomic mass is 19.4. The van der Waals surface area contributed by atoms with Crippen molar-refractivity contribution in [3.8, 4) is 0 Å². The fourth-order valence-corrected chi connectivity index (χ4v) is 3.20. The van der Waals surface area contributed by atoms with Crippen molar-refractivity contribution in [3.05, 3.63) is 35.4 Å². The molecule has 0 fully saturated rings. The first-order chi connectivity index (χ1) is 13.9. The quantitative estimate of drug-likeness (QED) is 0.226. The van der Waals surface area contributed by atoms with Crippen LogP contribution in [0.2, 0.25) is 0 Å². The van der Waals surface area contributed by atoms with E-state index < -0.39 is 11.7 Å². The van der Waals surface area contributed by atoms with Crippen LogP contribution in [0.5, 0.6) is 0 Å². The Kier molecular flexibility index (Phi) is 12.7. The van der Waals surface area contributed by atoms with Crippen LogP contribution in [0.3, 0.4) is 0 Å². The second kappa shape index (κ2) is 14.4. The third-order valence-corrected chi connectivity index (χ3v) is 5.02. The van der Waals surface area contributed by atoms with E-state index in [9.17, 15) is 18.0 Å². The number of carbonyl (C=O) groups is 1. The van der Waals surface area contributed by atoms with Crippen LogP contribution >= 0.6 is 0 Å². The van der Waals surface area contributed by atoms with Gasteiger partial charge in [-0.15, -0.1) is 0 Å². The van der Waals surface area contributed by atoms with Crippen LogP contribution in [0.1, 0.15) is 88.7 Å². The second-order valence-electron chi connectivity index (χ2n) is 7.53. The summed E-state index contributed by atoms with van der Waals surface area (Å²) in [5, 5.41) is 0. The van der Waals surface area contributed by atoms with Gasteiger partial charge in [-0.05, 0) is 24.1 Å². The number of halogens is 3. The number of carbonyl (C=O) groups excluding carboxylic acids is 1. The van der Waals surface area contributed by atoms with Gasteiger partial charge in [-0.2, -0.15) is 13.2 Å². The molecule has 1 atom stereocenters. The van der Waals surface area contributed by atoms with Crippen molar-refractivity contribution in [1.82, 2.24) is 0 Å². The number of rotatable bonds is 15. The molecule has 0 radical (unpaired) electrons. The maximum atomic E-state index is 12.6. The van der Waals surface area contributed by atoms with Crippen molar-refractivity contribution >= 4 is 5.97 Å². The molecule has 0 saturated heterocycles. The lowest BCUT2D eigenvalue weighted by molar-refractivity contribution is -0.144. The average Bonchev–Trinajstić information content (AvgIpc) is 2.70. The smallest absolute Gasteiger partial charge is 0.416 e. The van der Waals surface area contributed by atoms with Gasteiger partial charge in [0.05, 0.1) is 31.8 Å². The SMILES string of the molecule is CCCCCCCCCCC[C@H](CC(=O)OC)OCc1ccc(C(F)(F)F)cc1. The van der Waals surface area contributed by atoms with Crippen molar-refractivity contribution in [1.29, 1.82) is 0 Å². The Labute approximate surface area is 173 Å². The summed E-state index contributed by atoms with van der Waals surface area (Å²) in [5.41, 5.74) is -0.0259. The van der Waals surface area contributed by atoms with Gasteiger partial charge in [0.15, 0.2) is 0 Å². The van der Waals surface area contributed by atoms with Gasteiger partial charge in [0.2, 0.25) is 0 Å². The second-order valence-corrected chi connectivity index (χ2v) is 7.53. The van der Waals surface area contributed by atoms with Crippen molar-refractivity contribution in [2.24, 2.45) is 0 Å². The van der Waals surface area contributed by atoms with Crippen LogP contribution in [0.15, 0.2) is 24.3 Å². The zero-order chi connectivity index (χ0) is 21.5. The molecule has 29 heavy (non-hydrogen) atoms. The first-order valence-corrected chi connectivity index (χ1v) is 10.7. The zero-order valence-corrected chi connectivity index (χ0v) is 17.7. The molecule has 0 aliphatic rings. The third-order valence-electron chi connectivity index (χ3n) is 5.02. The number of benzene rings is 1. The Morgan fingerprint density at radius 1 is 0.931 bits per heavy atom. The standard InChI is InChI=1S/C23H35F3O3/c1-3-4-5-6-7-8-9-10-11-12-21(17-22(27)28-2)29-18-19-13-15-20(16-14-19)23(24,25)26/h13-16,21H,3-12,17-18H2,1-2H3/t21-/m1/s1. The maximum Gasteiger partial charge on any atom is 0.416 e. The van der Waals surface area contributed by atoms with E-state index in [2.05, 4.69) is 6.92 Å². The highest BCUT2D eigenvalue weighted by molar-refractivity contribution is 5.69. The summed E-state index contributed by atoms with van der Waals surface area (Å²) in [4.78, 5) is 11.6. The van der Waals surface area contributed by atoms with Gasteiger partial charge < -0.3 is 9.47 Å². The van der Waals surface area contributed by atoms with E-state index >= 15 is 0 Å². The van der Waals surface area contributed by atoms with Crippen LogP contribution in [-0.4, -0.2) is 19.2 Å². The van der Waals surface area contributed by atoms with E-state index in [-0.39, 0.29) is 25.1 Å². The van der Waals surface area contributed by atoms with Gasteiger partial charge in [-0.3, -0.25) is 4.79 Å². The van der Waals surface area contributed by atoms with E-state index in [0.717, 1.165) is 31.4 Å². The summed E-state index contributed by atoms with van der Waals surface area (Å²) in [7, 11) is 1.34. The lowest BCUT2D eigenvalue weighted by atomic mass is 10.0. The lowest BCUT2D eigenvalue weighted by Crippen LogP contribution is -2.19. The maximum absolute atomic E-state index is 12.6. The summed E-state index contributed by atoms with van der Waals surface area (Å²) >= 11 is 0. The number of ether oxygens (including phenoxy) is 2. The molecule has 0 heterocycles. The number of hydrogen-bond acceptors (Lipinski definition) is 3. The minimum atomic E-state index is -4.34. The van der Waals surface area contributed by atoms with Gasteiger partial charge in [-0.1, -0.05) is 76.8 Å². The van der Waals surface area contributed by atoms with E-state index in [0.29, 0.717) is 5.56 Å². The molecular formula is C23H35F3O3. The van der Waals surface area contributed by atoms with Crippen LogP contribution in [0.25, 0.3) is 0 Å². The summed E-state index contributed by atoms with van der Waals surface area (Å²) in [6, 6.07) is 4.93. The molecule has 0 aliphatic carbocycles. The fraction of sp³-hybridized carbons (Fsp3) is 0.696. The van der Waals surface area contributed by atoms with Gasteiger partial charge in [0.1, 0.15) is 0 Å². The number of hydrogen-bond donors (Lipinski definition) is 0. The summed E-state index contributed by atoms with van der Waals surface area (Å²) < 4.78 is 48.5. The van der Waals surface area contributed by atoms with Crippen LogP contribution in [0, 0.1) is 0 Å². The van der Waals surface area contributed by atoms with Crippen LogP contribution < -0.4 is 0 Å². The molecule has 0 aliphatic heterocycles. The first kappa shape index (κ1) is 25.5. The van der Waals surface area contributed by atoms with E-state index in [4.69, 9.17) is 9.47 Å². The zero-order valence-electron chi connectivity index (χ0n) is 17.7. The van der Waals surface area contributed by atoms with Crippen LogP contribution in [-0.2, 0) is 27.1 Å².